The van der Waals surface area contributed by atoms with E-state index in [2.05, 4.69) is 37.0 Å². The van der Waals surface area contributed by atoms with Gasteiger partial charge >= 0.3 is 5.97 Å². The van der Waals surface area contributed by atoms with Gasteiger partial charge in [-0.3, -0.25) is 9.59 Å². The SMILES string of the molecule is C#CC(C)(C)Nc1cnn(CC(=O)OC)c(=O)c1Br. The van der Waals surface area contributed by atoms with Gasteiger partial charge in [0, 0.05) is 0 Å². The van der Waals surface area contributed by atoms with E-state index >= 15 is 0 Å². The Morgan fingerprint density at radius 1 is 1.68 bits per heavy atom. The largest absolute Gasteiger partial charge is 0.468 e. The Balaban J connectivity index is 3.09. The number of hydrogen-bond donors (Lipinski definition) is 1. The topological polar surface area (TPSA) is 73.2 Å². The molecule has 0 atom stereocenters. The number of nitrogens with zero attached hydrogens (tertiary/aromatic N) is 2. The van der Waals surface area contributed by atoms with Crippen molar-refractivity contribution < 1.29 is 9.53 Å². The molecule has 6 nitrogen and oxygen atoms in total. The molecular weight excluding hydrogens is 314 g/mol. The van der Waals surface area contributed by atoms with Gasteiger partial charge in [0.2, 0.25) is 0 Å². The fraction of sp³-hybridized carbons (Fsp3) is 0.417. The predicted octanol–water partition coefficient (Wildman–Crippen LogP) is 1.00. The monoisotopic (exact) mass is 327 g/mol. The average molecular weight is 328 g/mol. The van der Waals surface area contributed by atoms with Gasteiger partial charge in [0.15, 0.2) is 0 Å². The van der Waals surface area contributed by atoms with E-state index in [1.165, 1.54) is 13.3 Å². The standard InChI is InChI=1S/C12H14BrN3O3/c1-5-12(2,3)15-8-6-14-16(7-9(17)19-4)11(18)10(8)13/h1,6,15H,7H2,2-4H3. The molecule has 0 aliphatic heterocycles. The number of nitrogens with one attached hydrogen (secondary N) is 1. The molecule has 0 aromatic carbocycles. The summed E-state index contributed by atoms with van der Waals surface area (Å²) in [4.78, 5) is 23.1. The molecule has 1 N–H and O–H groups in total. The van der Waals surface area contributed by atoms with E-state index in [9.17, 15) is 9.59 Å². The van der Waals surface area contributed by atoms with Gasteiger partial charge in [0.25, 0.3) is 5.56 Å². The Bertz CT molecular complexity index is 587. The zero-order chi connectivity index (χ0) is 14.6. The van der Waals surface area contributed by atoms with Crippen molar-refractivity contribution in [3.05, 3.63) is 21.0 Å². The van der Waals surface area contributed by atoms with Crippen LogP contribution in [0.3, 0.4) is 0 Å². The first-order valence-electron chi connectivity index (χ1n) is 5.39. The third kappa shape index (κ3) is 3.83. The van der Waals surface area contributed by atoms with Crippen LogP contribution in [0.15, 0.2) is 15.5 Å². The quantitative estimate of drug-likeness (QED) is 0.659. The molecule has 0 aliphatic rings. The summed E-state index contributed by atoms with van der Waals surface area (Å²) in [6, 6.07) is 0. The van der Waals surface area contributed by atoms with Gasteiger partial charge in [-0.05, 0) is 29.8 Å². The number of rotatable bonds is 4. The fourth-order valence-electron chi connectivity index (χ4n) is 1.22. The molecule has 0 unspecified atom stereocenters. The number of carbonyl (C=O) groups is 1. The molecule has 0 spiro atoms. The highest BCUT2D eigenvalue weighted by Crippen LogP contribution is 2.20. The van der Waals surface area contributed by atoms with Gasteiger partial charge < -0.3 is 10.1 Å². The third-order valence-electron chi connectivity index (χ3n) is 2.30. The first kappa shape index (κ1) is 15.2. The second-order valence-electron chi connectivity index (χ2n) is 4.31. The highest BCUT2D eigenvalue weighted by Gasteiger charge is 2.18. The summed E-state index contributed by atoms with van der Waals surface area (Å²) in [5.74, 6) is 2.00. The number of methoxy groups -OCH3 is 1. The van der Waals surface area contributed by atoms with Crippen molar-refractivity contribution in [3.8, 4) is 12.3 Å². The Labute approximate surface area is 119 Å². The smallest absolute Gasteiger partial charge is 0.327 e. The van der Waals surface area contributed by atoms with Gasteiger partial charge in [-0.2, -0.15) is 5.10 Å². The van der Waals surface area contributed by atoms with Crippen LogP contribution in [-0.2, 0) is 16.1 Å². The maximum Gasteiger partial charge on any atom is 0.327 e. The number of halogens is 1. The molecule has 0 amide bonds. The van der Waals surface area contributed by atoms with Gasteiger partial charge in [-0.15, -0.1) is 6.42 Å². The highest BCUT2D eigenvalue weighted by atomic mass is 79.9. The first-order chi connectivity index (χ1) is 8.80. The van der Waals surface area contributed by atoms with E-state index in [0.29, 0.717) is 5.69 Å². The molecule has 102 valence electrons. The number of aromatic nitrogens is 2. The molecular formula is C12H14BrN3O3. The average Bonchev–Trinajstić information content (AvgIpc) is 2.38. The van der Waals surface area contributed by atoms with Gasteiger partial charge in [-0.25, -0.2) is 4.68 Å². The van der Waals surface area contributed by atoms with E-state index in [1.54, 1.807) is 13.8 Å². The second kappa shape index (κ2) is 5.89. The van der Waals surface area contributed by atoms with Crippen LogP contribution in [0.4, 0.5) is 5.69 Å². The molecule has 1 heterocycles. The van der Waals surface area contributed by atoms with Crippen molar-refractivity contribution >= 4 is 27.6 Å². The van der Waals surface area contributed by atoms with E-state index in [4.69, 9.17) is 6.42 Å². The summed E-state index contributed by atoms with van der Waals surface area (Å²) in [6.45, 7) is 3.34. The molecule has 7 heteroatoms. The first-order valence-corrected chi connectivity index (χ1v) is 6.18. The van der Waals surface area contributed by atoms with Crippen LogP contribution in [0.1, 0.15) is 13.8 Å². The summed E-state index contributed by atoms with van der Waals surface area (Å²) < 4.78 is 5.74. The van der Waals surface area contributed by atoms with Gasteiger partial charge in [0.1, 0.15) is 11.0 Å². The molecule has 0 bridgehead atoms. The number of hydrogen-bond acceptors (Lipinski definition) is 5. The maximum atomic E-state index is 12.0. The van der Waals surface area contributed by atoms with Crippen LogP contribution in [0, 0.1) is 12.3 Å². The van der Waals surface area contributed by atoms with Crippen LogP contribution in [0.25, 0.3) is 0 Å². The number of anilines is 1. The minimum absolute atomic E-state index is 0.243. The lowest BCUT2D eigenvalue weighted by Crippen LogP contribution is -2.32. The molecule has 0 saturated heterocycles. The third-order valence-corrected chi connectivity index (χ3v) is 3.07. The number of esters is 1. The van der Waals surface area contributed by atoms with Crippen LogP contribution in [-0.4, -0.2) is 28.4 Å². The van der Waals surface area contributed by atoms with Crippen LogP contribution < -0.4 is 10.9 Å². The van der Waals surface area contributed by atoms with Crippen molar-refractivity contribution in [3.63, 3.8) is 0 Å². The van der Waals surface area contributed by atoms with Crippen molar-refractivity contribution in [2.75, 3.05) is 12.4 Å². The van der Waals surface area contributed by atoms with Crippen molar-refractivity contribution in [1.29, 1.82) is 0 Å². The normalized spacial score (nSPS) is 10.7. The van der Waals surface area contributed by atoms with E-state index in [1.807, 2.05) is 0 Å². The zero-order valence-corrected chi connectivity index (χ0v) is 12.4. The highest BCUT2D eigenvalue weighted by molar-refractivity contribution is 9.10. The summed E-state index contributed by atoms with van der Waals surface area (Å²) in [5, 5.41) is 6.88. The molecule has 1 aromatic heterocycles. The molecule has 0 fully saturated rings. The Morgan fingerprint density at radius 2 is 2.32 bits per heavy atom. The fourth-order valence-corrected chi connectivity index (χ4v) is 1.63. The Morgan fingerprint density at radius 3 is 2.84 bits per heavy atom. The Hall–Kier alpha value is -1.81. The van der Waals surface area contributed by atoms with E-state index in [0.717, 1.165) is 4.68 Å². The predicted molar refractivity (Wildman–Crippen MR) is 74.7 cm³/mol. The van der Waals surface area contributed by atoms with Gasteiger partial charge in [-0.1, -0.05) is 5.92 Å². The zero-order valence-electron chi connectivity index (χ0n) is 10.9. The van der Waals surface area contributed by atoms with Crippen molar-refractivity contribution in [2.45, 2.75) is 25.9 Å². The molecule has 0 aliphatic carbocycles. The molecule has 1 aromatic rings. The number of carbonyl (C=O) groups excluding carboxylic acids is 1. The van der Waals surface area contributed by atoms with Gasteiger partial charge in [0.05, 0.1) is 24.5 Å². The van der Waals surface area contributed by atoms with Crippen molar-refractivity contribution in [2.24, 2.45) is 0 Å². The molecule has 19 heavy (non-hydrogen) atoms. The lowest BCUT2D eigenvalue weighted by molar-refractivity contribution is -0.141. The number of terminal acetylenes is 1. The second-order valence-corrected chi connectivity index (χ2v) is 5.10. The van der Waals surface area contributed by atoms with E-state index in [-0.39, 0.29) is 11.0 Å². The lowest BCUT2D eigenvalue weighted by Gasteiger charge is -2.21. The Kier molecular flexibility index (Phi) is 4.72. The number of ether oxygens (including phenoxy) is 1. The van der Waals surface area contributed by atoms with Crippen LogP contribution in [0.5, 0.6) is 0 Å². The maximum absolute atomic E-state index is 12.0. The summed E-state index contributed by atoms with van der Waals surface area (Å²) in [5.41, 5.74) is -0.595. The minimum Gasteiger partial charge on any atom is -0.468 e. The minimum atomic E-state index is -0.620. The van der Waals surface area contributed by atoms with Crippen LogP contribution >= 0.6 is 15.9 Å². The lowest BCUT2D eigenvalue weighted by atomic mass is 10.1. The van der Waals surface area contributed by atoms with E-state index < -0.39 is 17.1 Å². The molecule has 0 radical (unpaired) electrons. The molecule has 1 rings (SSSR count). The summed E-state index contributed by atoms with van der Waals surface area (Å²) in [7, 11) is 1.24. The summed E-state index contributed by atoms with van der Waals surface area (Å²) in [6.07, 6.45) is 6.79. The van der Waals surface area contributed by atoms with Crippen LogP contribution in [0.2, 0.25) is 0 Å². The molecule has 0 saturated carbocycles. The summed E-state index contributed by atoms with van der Waals surface area (Å²) >= 11 is 3.17. The van der Waals surface area contributed by atoms with Crippen molar-refractivity contribution in [1.82, 2.24) is 9.78 Å².